The van der Waals surface area contributed by atoms with Gasteiger partial charge in [-0.15, -0.1) is 0 Å². The third-order valence-corrected chi connectivity index (χ3v) is 2.88. The molecule has 2 N–H and O–H groups in total. The van der Waals surface area contributed by atoms with Crippen LogP contribution in [0.3, 0.4) is 0 Å². The van der Waals surface area contributed by atoms with Crippen LogP contribution in [0.15, 0.2) is 41.0 Å². The number of hydrogen-bond donors (Lipinski definition) is 1. The summed E-state index contributed by atoms with van der Waals surface area (Å²) in [7, 11) is 1.57. The number of methoxy groups -OCH3 is 1. The van der Waals surface area contributed by atoms with Crippen molar-refractivity contribution in [3.8, 4) is 17.4 Å². The fourth-order valence-corrected chi connectivity index (χ4v) is 1.91. The van der Waals surface area contributed by atoms with Gasteiger partial charge in [0.1, 0.15) is 11.5 Å². The van der Waals surface area contributed by atoms with E-state index < -0.39 is 0 Å². The molecule has 0 unspecified atom stereocenters. The topological polar surface area (TPSA) is 57.4 Å². The van der Waals surface area contributed by atoms with Crippen molar-refractivity contribution >= 4 is 15.9 Å². The molecule has 0 aliphatic heterocycles. The first-order valence-electron chi connectivity index (χ1n) is 5.39. The van der Waals surface area contributed by atoms with Gasteiger partial charge < -0.3 is 15.2 Å². The first-order valence-corrected chi connectivity index (χ1v) is 6.18. The summed E-state index contributed by atoms with van der Waals surface area (Å²) in [6.45, 7) is 0.414. The Balaban J connectivity index is 2.27. The van der Waals surface area contributed by atoms with Crippen molar-refractivity contribution in [3.05, 3.63) is 46.6 Å². The molecule has 0 atom stereocenters. The Morgan fingerprint density at radius 3 is 2.83 bits per heavy atom. The number of nitrogens with two attached hydrogens (primary N) is 1. The number of aromatic nitrogens is 1. The largest absolute Gasteiger partial charge is 0.481 e. The van der Waals surface area contributed by atoms with Gasteiger partial charge in [-0.05, 0) is 24.3 Å². The van der Waals surface area contributed by atoms with E-state index in [1.54, 1.807) is 25.4 Å². The van der Waals surface area contributed by atoms with Crippen molar-refractivity contribution in [3.63, 3.8) is 0 Å². The predicted octanol–water partition coefficient (Wildman–Crippen LogP) is 3.10. The van der Waals surface area contributed by atoms with Gasteiger partial charge in [0.15, 0.2) is 0 Å². The zero-order chi connectivity index (χ0) is 13.0. The molecule has 0 fully saturated rings. The summed E-state index contributed by atoms with van der Waals surface area (Å²) in [6.07, 6.45) is 1.63. The second-order valence-electron chi connectivity index (χ2n) is 3.59. The van der Waals surface area contributed by atoms with Crippen LogP contribution in [0, 0.1) is 0 Å². The maximum absolute atomic E-state index is 5.78. The zero-order valence-electron chi connectivity index (χ0n) is 9.89. The molecule has 18 heavy (non-hydrogen) atoms. The van der Waals surface area contributed by atoms with Gasteiger partial charge >= 0.3 is 0 Å². The highest BCUT2D eigenvalue weighted by Crippen LogP contribution is 2.28. The first-order chi connectivity index (χ1) is 8.72. The second kappa shape index (κ2) is 5.84. The molecule has 94 valence electrons. The van der Waals surface area contributed by atoms with Crippen LogP contribution in [0.4, 0.5) is 0 Å². The lowest BCUT2D eigenvalue weighted by Gasteiger charge is -2.10. The molecule has 0 saturated carbocycles. The number of hydrogen-bond acceptors (Lipinski definition) is 4. The van der Waals surface area contributed by atoms with E-state index in [-0.39, 0.29) is 0 Å². The summed E-state index contributed by atoms with van der Waals surface area (Å²) >= 11 is 3.40. The minimum atomic E-state index is 0.414. The second-order valence-corrected chi connectivity index (χ2v) is 4.51. The van der Waals surface area contributed by atoms with Crippen molar-refractivity contribution in [1.82, 2.24) is 4.98 Å². The van der Waals surface area contributed by atoms with Crippen LogP contribution in [-0.2, 0) is 6.54 Å². The van der Waals surface area contributed by atoms with E-state index in [1.165, 1.54) is 0 Å². The van der Waals surface area contributed by atoms with E-state index in [0.29, 0.717) is 18.2 Å². The quantitative estimate of drug-likeness (QED) is 0.943. The van der Waals surface area contributed by atoms with Crippen molar-refractivity contribution < 1.29 is 9.47 Å². The number of halogens is 1. The summed E-state index contributed by atoms with van der Waals surface area (Å²) in [5.74, 6) is 1.91. The van der Waals surface area contributed by atoms with Gasteiger partial charge in [-0.25, -0.2) is 4.98 Å². The van der Waals surface area contributed by atoms with Crippen molar-refractivity contribution in [1.29, 1.82) is 0 Å². The Morgan fingerprint density at radius 2 is 2.11 bits per heavy atom. The highest BCUT2D eigenvalue weighted by molar-refractivity contribution is 9.10. The van der Waals surface area contributed by atoms with Crippen LogP contribution < -0.4 is 15.2 Å². The van der Waals surface area contributed by atoms with E-state index in [0.717, 1.165) is 15.8 Å². The molecule has 2 rings (SSSR count). The average molecular weight is 309 g/mol. The summed E-state index contributed by atoms with van der Waals surface area (Å²) in [5, 5.41) is 0. The average Bonchev–Trinajstić information content (AvgIpc) is 2.41. The van der Waals surface area contributed by atoms with E-state index in [1.807, 2.05) is 18.2 Å². The van der Waals surface area contributed by atoms with Gasteiger partial charge in [-0.2, -0.15) is 0 Å². The lowest BCUT2D eigenvalue weighted by Crippen LogP contribution is -1.99. The lowest BCUT2D eigenvalue weighted by molar-refractivity contribution is 0.392. The van der Waals surface area contributed by atoms with E-state index in [4.69, 9.17) is 15.2 Å². The smallest absolute Gasteiger partial charge is 0.216 e. The maximum atomic E-state index is 5.78. The molecule has 0 bridgehead atoms. The summed E-state index contributed by atoms with van der Waals surface area (Å²) in [4.78, 5) is 4.02. The number of benzene rings is 1. The Morgan fingerprint density at radius 1 is 1.28 bits per heavy atom. The van der Waals surface area contributed by atoms with Gasteiger partial charge in [0.2, 0.25) is 5.88 Å². The SMILES string of the molecule is COc1cc(Oc2ccc(Br)cc2CN)ccn1. The molecule has 0 radical (unpaired) electrons. The fourth-order valence-electron chi connectivity index (χ4n) is 1.50. The molecule has 0 amide bonds. The third-order valence-electron chi connectivity index (χ3n) is 2.39. The summed E-state index contributed by atoms with van der Waals surface area (Å²) in [5.41, 5.74) is 6.62. The molecule has 1 heterocycles. The molecular weight excluding hydrogens is 296 g/mol. The minimum absolute atomic E-state index is 0.414. The molecule has 5 heteroatoms. The molecule has 4 nitrogen and oxygen atoms in total. The van der Waals surface area contributed by atoms with Gasteiger partial charge in [0, 0.05) is 28.8 Å². The van der Waals surface area contributed by atoms with Crippen LogP contribution in [0.5, 0.6) is 17.4 Å². The van der Waals surface area contributed by atoms with Crippen molar-refractivity contribution in [2.45, 2.75) is 6.54 Å². The summed E-state index contributed by atoms with van der Waals surface area (Å²) < 4.78 is 11.8. The molecule has 1 aromatic carbocycles. The normalized spacial score (nSPS) is 10.2. The van der Waals surface area contributed by atoms with Crippen molar-refractivity contribution in [2.24, 2.45) is 5.73 Å². The number of ether oxygens (including phenoxy) is 2. The van der Waals surface area contributed by atoms with Gasteiger partial charge in [0.05, 0.1) is 7.11 Å². The number of rotatable bonds is 4. The predicted molar refractivity (Wildman–Crippen MR) is 72.9 cm³/mol. The van der Waals surface area contributed by atoms with Crippen LogP contribution in [-0.4, -0.2) is 12.1 Å². The molecule has 0 aliphatic rings. The van der Waals surface area contributed by atoms with Crippen LogP contribution in [0.1, 0.15) is 5.56 Å². The Kier molecular flexibility index (Phi) is 4.17. The molecule has 1 aromatic heterocycles. The van der Waals surface area contributed by atoms with Gasteiger partial charge in [0.25, 0.3) is 0 Å². The van der Waals surface area contributed by atoms with Gasteiger partial charge in [-0.1, -0.05) is 15.9 Å². The first kappa shape index (κ1) is 12.9. The summed E-state index contributed by atoms with van der Waals surface area (Å²) in [6, 6.07) is 9.22. The molecule has 2 aromatic rings. The third kappa shape index (κ3) is 3.00. The number of nitrogens with zero attached hydrogens (tertiary/aromatic N) is 1. The Bertz CT molecular complexity index is 546. The van der Waals surface area contributed by atoms with Crippen molar-refractivity contribution in [2.75, 3.05) is 7.11 Å². The standard InChI is InChI=1S/C13H13BrN2O2/c1-17-13-7-11(4-5-16-13)18-12-3-2-10(14)6-9(12)8-15/h2-7H,8,15H2,1H3. The van der Waals surface area contributed by atoms with E-state index in [2.05, 4.69) is 20.9 Å². The number of pyridine rings is 1. The highest BCUT2D eigenvalue weighted by atomic mass is 79.9. The molecule has 0 spiro atoms. The van der Waals surface area contributed by atoms with Crippen LogP contribution in [0.2, 0.25) is 0 Å². The minimum Gasteiger partial charge on any atom is -0.481 e. The lowest BCUT2D eigenvalue weighted by atomic mass is 10.2. The van der Waals surface area contributed by atoms with Gasteiger partial charge in [-0.3, -0.25) is 0 Å². The van der Waals surface area contributed by atoms with Crippen LogP contribution >= 0.6 is 15.9 Å². The van der Waals surface area contributed by atoms with E-state index in [9.17, 15) is 0 Å². The van der Waals surface area contributed by atoms with Crippen LogP contribution in [0.25, 0.3) is 0 Å². The zero-order valence-corrected chi connectivity index (χ0v) is 11.5. The molecular formula is C13H13BrN2O2. The fraction of sp³-hybridized carbons (Fsp3) is 0.154. The van der Waals surface area contributed by atoms with E-state index >= 15 is 0 Å². The monoisotopic (exact) mass is 308 g/mol. The maximum Gasteiger partial charge on any atom is 0.216 e. The Hall–Kier alpha value is -1.59. The molecule has 0 saturated heterocycles. The highest BCUT2D eigenvalue weighted by Gasteiger charge is 2.05. The Labute approximate surface area is 114 Å². The molecule has 0 aliphatic carbocycles.